The standard InChI is InChI=1S/C62H114O6/c1-4-7-10-13-16-19-22-24-25-26-27-28-29-30-31-32-33-34-35-36-37-39-40-43-46-49-52-55-61(64)67-58-59(57-66-60(63)54-51-48-45-42-21-18-15-12-9-6-3)68-62(65)56-53-50-47-44-41-38-23-20-17-14-11-8-5-2/h12,15,20,23,26-27,59H,4-11,13-14,16-19,21-22,24-25,28-58H2,1-3H3/b15-12-,23-20-,27-26-. The molecule has 0 bridgehead atoms. The van der Waals surface area contributed by atoms with Crippen LogP contribution in [0.1, 0.15) is 323 Å². The van der Waals surface area contributed by atoms with Gasteiger partial charge in [0.2, 0.25) is 0 Å². The molecule has 1 unspecified atom stereocenters. The third-order valence-electron chi connectivity index (χ3n) is 13.3. The molecule has 0 saturated carbocycles. The predicted molar refractivity (Wildman–Crippen MR) is 293 cm³/mol. The number of hydrogen-bond donors (Lipinski definition) is 0. The van der Waals surface area contributed by atoms with Crippen LogP contribution >= 0.6 is 0 Å². The summed E-state index contributed by atoms with van der Waals surface area (Å²) < 4.78 is 16.8. The highest BCUT2D eigenvalue weighted by molar-refractivity contribution is 5.71. The minimum Gasteiger partial charge on any atom is -0.462 e. The Morgan fingerprint density at radius 1 is 0.279 bits per heavy atom. The smallest absolute Gasteiger partial charge is 0.306 e. The summed E-state index contributed by atoms with van der Waals surface area (Å²) in [5.41, 5.74) is 0. The summed E-state index contributed by atoms with van der Waals surface area (Å²) in [4.78, 5) is 38.0. The van der Waals surface area contributed by atoms with E-state index in [4.69, 9.17) is 14.2 Å². The van der Waals surface area contributed by atoms with Gasteiger partial charge in [0.25, 0.3) is 0 Å². The van der Waals surface area contributed by atoms with Gasteiger partial charge in [0.1, 0.15) is 13.2 Å². The van der Waals surface area contributed by atoms with E-state index in [1.807, 2.05) is 0 Å². The molecule has 0 saturated heterocycles. The first-order chi connectivity index (χ1) is 33.5. The van der Waals surface area contributed by atoms with Crippen molar-refractivity contribution in [3.63, 3.8) is 0 Å². The van der Waals surface area contributed by atoms with Crippen molar-refractivity contribution in [3.8, 4) is 0 Å². The van der Waals surface area contributed by atoms with Gasteiger partial charge in [0.15, 0.2) is 6.10 Å². The Morgan fingerprint density at radius 2 is 0.515 bits per heavy atom. The van der Waals surface area contributed by atoms with Crippen molar-refractivity contribution in [2.24, 2.45) is 0 Å². The Kier molecular flexibility index (Phi) is 55.2. The number of esters is 3. The summed E-state index contributed by atoms with van der Waals surface area (Å²) >= 11 is 0. The molecule has 0 aliphatic carbocycles. The van der Waals surface area contributed by atoms with Crippen LogP contribution in [0, 0.1) is 0 Å². The number of rotatable bonds is 55. The number of hydrogen-bond acceptors (Lipinski definition) is 6. The van der Waals surface area contributed by atoms with Crippen LogP contribution < -0.4 is 0 Å². The van der Waals surface area contributed by atoms with Crippen LogP contribution in [0.3, 0.4) is 0 Å². The monoisotopic (exact) mass is 955 g/mol. The summed E-state index contributed by atoms with van der Waals surface area (Å²) in [6.45, 7) is 6.58. The third kappa shape index (κ3) is 54.6. The van der Waals surface area contributed by atoms with Gasteiger partial charge in [-0.1, -0.05) is 250 Å². The topological polar surface area (TPSA) is 78.9 Å². The van der Waals surface area contributed by atoms with Crippen molar-refractivity contribution < 1.29 is 28.6 Å². The molecule has 68 heavy (non-hydrogen) atoms. The Balaban J connectivity index is 4.12. The Hall–Kier alpha value is -2.37. The van der Waals surface area contributed by atoms with Gasteiger partial charge < -0.3 is 14.2 Å². The molecule has 0 aliphatic rings. The fraction of sp³-hybridized carbons (Fsp3) is 0.855. The van der Waals surface area contributed by atoms with E-state index in [9.17, 15) is 14.4 Å². The molecule has 0 aromatic heterocycles. The molecule has 0 aliphatic heterocycles. The average Bonchev–Trinajstić information content (AvgIpc) is 3.34. The predicted octanol–water partition coefficient (Wildman–Crippen LogP) is 20.0. The first kappa shape index (κ1) is 65.6. The Morgan fingerprint density at radius 3 is 0.809 bits per heavy atom. The first-order valence-corrected chi connectivity index (χ1v) is 30.0. The number of ether oxygens (including phenoxy) is 3. The molecule has 0 heterocycles. The molecule has 0 fully saturated rings. The number of carbonyl (C=O) groups is 3. The molecule has 0 spiro atoms. The van der Waals surface area contributed by atoms with Gasteiger partial charge in [0.05, 0.1) is 0 Å². The maximum absolute atomic E-state index is 12.8. The third-order valence-corrected chi connectivity index (χ3v) is 13.3. The normalized spacial score (nSPS) is 12.2. The molecule has 0 N–H and O–H groups in total. The molecular weight excluding hydrogens is 841 g/mol. The highest BCUT2D eigenvalue weighted by atomic mass is 16.6. The fourth-order valence-corrected chi connectivity index (χ4v) is 8.79. The molecule has 1 atom stereocenters. The number of carbonyl (C=O) groups excluding carboxylic acids is 3. The Bertz CT molecular complexity index is 1140. The SMILES string of the molecule is CCC/C=C\CCCCCCCC(=O)OCC(COC(=O)CCCCCCCCCCCCCCCCC/C=C\CCCCCCCCCC)OC(=O)CCCCCCC/C=C\CCCCCC. The highest BCUT2D eigenvalue weighted by Gasteiger charge is 2.19. The summed E-state index contributed by atoms with van der Waals surface area (Å²) in [5.74, 6) is -0.881. The quantitative estimate of drug-likeness (QED) is 0.0262. The molecule has 0 rings (SSSR count). The van der Waals surface area contributed by atoms with Crippen molar-refractivity contribution in [3.05, 3.63) is 36.5 Å². The fourth-order valence-electron chi connectivity index (χ4n) is 8.79. The second kappa shape index (κ2) is 57.2. The van der Waals surface area contributed by atoms with Crippen molar-refractivity contribution in [1.29, 1.82) is 0 Å². The largest absolute Gasteiger partial charge is 0.462 e. The molecule has 0 amide bonds. The second-order valence-corrected chi connectivity index (χ2v) is 20.2. The van der Waals surface area contributed by atoms with E-state index in [1.54, 1.807) is 0 Å². The minimum absolute atomic E-state index is 0.0754. The van der Waals surface area contributed by atoms with E-state index in [0.717, 1.165) is 77.0 Å². The molecule has 0 aromatic carbocycles. The van der Waals surface area contributed by atoms with Gasteiger partial charge >= 0.3 is 17.9 Å². The van der Waals surface area contributed by atoms with Crippen molar-refractivity contribution in [1.82, 2.24) is 0 Å². The van der Waals surface area contributed by atoms with Gasteiger partial charge in [0, 0.05) is 19.3 Å². The lowest BCUT2D eigenvalue weighted by atomic mass is 10.0. The molecule has 398 valence electrons. The Labute approximate surface area is 423 Å². The maximum atomic E-state index is 12.8. The number of unbranched alkanes of at least 4 members (excludes halogenated alkanes) is 38. The molecule has 0 radical (unpaired) electrons. The highest BCUT2D eigenvalue weighted by Crippen LogP contribution is 2.17. The second-order valence-electron chi connectivity index (χ2n) is 20.2. The van der Waals surface area contributed by atoms with Crippen LogP contribution in [-0.4, -0.2) is 37.2 Å². The van der Waals surface area contributed by atoms with Gasteiger partial charge in [-0.05, 0) is 89.9 Å². The van der Waals surface area contributed by atoms with Crippen LogP contribution in [0.4, 0.5) is 0 Å². The van der Waals surface area contributed by atoms with E-state index in [2.05, 4.69) is 57.2 Å². The van der Waals surface area contributed by atoms with Crippen LogP contribution in [0.5, 0.6) is 0 Å². The zero-order valence-electron chi connectivity index (χ0n) is 45.6. The van der Waals surface area contributed by atoms with E-state index in [0.29, 0.717) is 19.3 Å². The summed E-state index contributed by atoms with van der Waals surface area (Å²) in [6, 6.07) is 0. The molecule has 0 aromatic rings. The van der Waals surface area contributed by atoms with Gasteiger partial charge in [-0.3, -0.25) is 14.4 Å². The van der Waals surface area contributed by atoms with E-state index >= 15 is 0 Å². The van der Waals surface area contributed by atoms with Gasteiger partial charge in [-0.2, -0.15) is 0 Å². The maximum Gasteiger partial charge on any atom is 0.306 e. The average molecular weight is 956 g/mol. The van der Waals surface area contributed by atoms with E-state index in [1.165, 1.54) is 205 Å². The van der Waals surface area contributed by atoms with Crippen LogP contribution in [0.25, 0.3) is 0 Å². The minimum atomic E-state index is -0.776. The van der Waals surface area contributed by atoms with E-state index in [-0.39, 0.29) is 31.1 Å². The number of allylic oxidation sites excluding steroid dienone is 6. The van der Waals surface area contributed by atoms with Crippen LogP contribution in [0.2, 0.25) is 0 Å². The lowest BCUT2D eigenvalue weighted by Crippen LogP contribution is -2.30. The van der Waals surface area contributed by atoms with Crippen molar-refractivity contribution >= 4 is 17.9 Å². The summed E-state index contributed by atoms with van der Waals surface area (Å²) in [6.07, 6.45) is 68.8. The zero-order valence-corrected chi connectivity index (χ0v) is 45.6. The van der Waals surface area contributed by atoms with Crippen molar-refractivity contribution in [2.75, 3.05) is 13.2 Å². The lowest BCUT2D eigenvalue weighted by Gasteiger charge is -2.18. The van der Waals surface area contributed by atoms with Crippen LogP contribution in [0.15, 0.2) is 36.5 Å². The van der Waals surface area contributed by atoms with Gasteiger partial charge in [-0.25, -0.2) is 0 Å². The van der Waals surface area contributed by atoms with Crippen LogP contribution in [-0.2, 0) is 28.6 Å². The lowest BCUT2D eigenvalue weighted by molar-refractivity contribution is -0.167. The van der Waals surface area contributed by atoms with Crippen molar-refractivity contribution in [2.45, 2.75) is 329 Å². The molecular formula is C62H114O6. The molecule has 6 heteroatoms. The molecule has 6 nitrogen and oxygen atoms in total. The van der Waals surface area contributed by atoms with Gasteiger partial charge in [-0.15, -0.1) is 0 Å². The first-order valence-electron chi connectivity index (χ1n) is 30.0. The summed E-state index contributed by atoms with van der Waals surface area (Å²) in [7, 11) is 0. The zero-order chi connectivity index (χ0) is 49.3. The van der Waals surface area contributed by atoms with E-state index < -0.39 is 6.10 Å². The summed E-state index contributed by atoms with van der Waals surface area (Å²) in [5, 5.41) is 0.